The van der Waals surface area contributed by atoms with Crippen molar-refractivity contribution in [2.24, 2.45) is 5.41 Å². The maximum Gasteiger partial charge on any atom is 0.136 e. The summed E-state index contributed by atoms with van der Waals surface area (Å²) in [6, 6.07) is 2.02. The van der Waals surface area contributed by atoms with Gasteiger partial charge in [0, 0.05) is 25.6 Å². The zero-order chi connectivity index (χ0) is 13.3. The molecule has 0 amide bonds. The first-order chi connectivity index (χ1) is 9.24. The third kappa shape index (κ3) is 2.99. The highest BCUT2D eigenvalue weighted by Crippen LogP contribution is 2.49. The van der Waals surface area contributed by atoms with Crippen molar-refractivity contribution in [1.29, 1.82) is 0 Å². The molecule has 0 spiro atoms. The summed E-state index contributed by atoms with van der Waals surface area (Å²) in [6.07, 6.45) is 7.83. The molecule has 2 aliphatic rings. The lowest BCUT2D eigenvalue weighted by molar-refractivity contribution is 0.485. The van der Waals surface area contributed by atoms with Gasteiger partial charge in [-0.1, -0.05) is 13.3 Å². The van der Waals surface area contributed by atoms with Gasteiger partial charge in [0.1, 0.15) is 17.5 Å². The summed E-state index contributed by atoms with van der Waals surface area (Å²) in [5, 5.41) is 6.68. The van der Waals surface area contributed by atoms with E-state index in [9.17, 15) is 0 Å². The van der Waals surface area contributed by atoms with E-state index in [4.69, 9.17) is 0 Å². The van der Waals surface area contributed by atoms with Crippen LogP contribution >= 0.6 is 0 Å². The number of hydrogen-bond acceptors (Lipinski definition) is 4. The molecule has 0 saturated heterocycles. The Hall–Kier alpha value is -1.32. The lowest BCUT2D eigenvalue weighted by atomic mass is 10.0. The Morgan fingerprint density at radius 1 is 1.26 bits per heavy atom. The van der Waals surface area contributed by atoms with E-state index in [2.05, 4.69) is 27.5 Å². The molecule has 2 fully saturated rings. The second-order valence-corrected chi connectivity index (χ2v) is 6.12. The van der Waals surface area contributed by atoms with Crippen LogP contribution in [-0.2, 0) is 0 Å². The summed E-state index contributed by atoms with van der Waals surface area (Å²) in [5.41, 5.74) is 0.555. The van der Waals surface area contributed by atoms with Gasteiger partial charge in [-0.2, -0.15) is 0 Å². The topological polar surface area (TPSA) is 49.8 Å². The molecule has 4 heteroatoms. The van der Waals surface area contributed by atoms with Gasteiger partial charge in [-0.05, 0) is 37.5 Å². The van der Waals surface area contributed by atoms with Gasteiger partial charge in [0.25, 0.3) is 0 Å². The molecular formula is C15H24N4. The Kier molecular flexibility index (Phi) is 3.33. The third-order valence-corrected chi connectivity index (χ3v) is 4.32. The third-order valence-electron chi connectivity index (χ3n) is 4.32. The Bertz CT molecular complexity index is 449. The molecule has 0 aromatic carbocycles. The van der Waals surface area contributed by atoms with E-state index in [0.717, 1.165) is 24.0 Å². The van der Waals surface area contributed by atoms with E-state index >= 15 is 0 Å². The van der Waals surface area contributed by atoms with Crippen LogP contribution in [-0.4, -0.2) is 23.6 Å². The summed E-state index contributed by atoms with van der Waals surface area (Å²) >= 11 is 0. The molecule has 1 aromatic rings. The molecule has 2 N–H and O–H groups in total. The van der Waals surface area contributed by atoms with Crippen molar-refractivity contribution in [3.05, 3.63) is 11.9 Å². The fourth-order valence-electron chi connectivity index (χ4n) is 2.71. The van der Waals surface area contributed by atoms with E-state index < -0.39 is 0 Å². The molecule has 0 atom stereocenters. The first-order valence-electron chi connectivity index (χ1n) is 7.55. The van der Waals surface area contributed by atoms with Gasteiger partial charge in [0.05, 0.1) is 0 Å². The minimum absolute atomic E-state index is 0.555. The second-order valence-electron chi connectivity index (χ2n) is 6.12. The van der Waals surface area contributed by atoms with Crippen LogP contribution in [0.25, 0.3) is 0 Å². The molecule has 19 heavy (non-hydrogen) atoms. The summed E-state index contributed by atoms with van der Waals surface area (Å²) < 4.78 is 0. The van der Waals surface area contributed by atoms with Crippen molar-refractivity contribution >= 4 is 11.6 Å². The second kappa shape index (κ2) is 4.99. The molecular weight excluding hydrogens is 236 g/mol. The molecule has 4 nitrogen and oxygen atoms in total. The van der Waals surface area contributed by atoms with Crippen molar-refractivity contribution in [3.63, 3.8) is 0 Å². The van der Waals surface area contributed by atoms with E-state index in [1.807, 2.05) is 13.1 Å². The van der Waals surface area contributed by atoms with E-state index in [0.29, 0.717) is 11.3 Å². The number of nitrogens with zero attached hydrogens (tertiary/aromatic N) is 2. The van der Waals surface area contributed by atoms with Crippen LogP contribution in [0.3, 0.4) is 0 Å². The summed E-state index contributed by atoms with van der Waals surface area (Å²) in [5.74, 6) is 3.53. The molecule has 0 radical (unpaired) electrons. The zero-order valence-corrected chi connectivity index (χ0v) is 12.0. The fourth-order valence-corrected chi connectivity index (χ4v) is 2.71. The van der Waals surface area contributed by atoms with Crippen molar-refractivity contribution in [2.75, 3.05) is 24.2 Å². The first-order valence-corrected chi connectivity index (χ1v) is 7.55. The van der Waals surface area contributed by atoms with Gasteiger partial charge in [-0.3, -0.25) is 0 Å². The molecule has 0 unspecified atom stereocenters. The molecule has 2 saturated carbocycles. The van der Waals surface area contributed by atoms with Gasteiger partial charge in [0.15, 0.2) is 0 Å². The Labute approximate surface area is 115 Å². The van der Waals surface area contributed by atoms with Crippen molar-refractivity contribution in [1.82, 2.24) is 9.97 Å². The molecule has 1 heterocycles. The van der Waals surface area contributed by atoms with Crippen LogP contribution in [0.1, 0.15) is 57.2 Å². The predicted octanol–water partition coefficient (Wildman–Crippen LogP) is 3.39. The monoisotopic (exact) mass is 260 g/mol. The summed E-state index contributed by atoms with van der Waals surface area (Å²) in [6.45, 7) is 3.33. The smallest absolute Gasteiger partial charge is 0.136 e. The minimum Gasteiger partial charge on any atom is -0.373 e. The highest BCUT2D eigenvalue weighted by molar-refractivity contribution is 5.48. The maximum absolute atomic E-state index is 4.67. The maximum atomic E-state index is 4.67. The highest BCUT2D eigenvalue weighted by atomic mass is 15.1. The number of anilines is 2. The van der Waals surface area contributed by atoms with E-state index in [-0.39, 0.29) is 0 Å². The summed E-state index contributed by atoms with van der Waals surface area (Å²) in [7, 11) is 1.92. The van der Waals surface area contributed by atoms with Crippen LogP contribution in [0.4, 0.5) is 11.6 Å². The van der Waals surface area contributed by atoms with Gasteiger partial charge in [0.2, 0.25) is 0 Å². The van der Waals surface area contributed by atoms with Gasteiger partial charge < -0.3 is 10.6 Å². The molecule has 0 bridgehead atoms. The van der Waals surface area contributed by atoms with Crippen molar-refractivity contribution in [2.45, 2.75) is 51.4 Å². The van der Waals surface area contributed by atoms with Crippen LogP contribution in [0, 0.1) is 5.41 Å². The molecule has 0 aliphatic heterocycles. The van der Waals surface area contributed by atoms with Crippen molar-refractivity contribution < 1.29 is 0 Å². The average molecular weight is 260 g/mol. The molecule has 104 valence electrons. The molecule has 3 rings (SSSR count). The number of aromatic nitrogens is 2. The number of hydrogen-bond donors (Lipinski definition) is 2. The van der Waals surface area contributed by atoms with Crippen LogP contribution in [0.15, 0.2) is 6.07 Å². The van der Waals surface area contributed by atoms with E-state index in [1.54, 1.807) is 0 Å². The van der Waals surface area contributed by atoms with E-state index in [1.165, 1.54) is 38.5 Å². The average Bonchev–Trinajstić information content (AvgIpc) is 3.31. The van der Waals surface area contributed by atoms with Gasteiger partial charge in [-0.15, -0.1) is 0 Å². The quantitative estimate of drug-likeness (QED) is 0.789. The van der Waals surface area contributed by atoms with Crippen molar-refractivity contribution in [3.8, 4) is 0 Å². The number of nitrogens with one attached hydrogen (secondary N) is 2. The first kappa shape index (κ1) is 12.7. The fraction of sp³-hybridized carbons (Fsp3) is 0.733. The standard InChI is InChI=1S/C15H24N4/c1-3-6-15(7-8-15)10-17-13-9-12(16-2)18-14(19-13)11-4-5-11/h9,11H,3-8,10H2,1-2H3,(H2,16,17,18,19). The van der Waals surface area contributed by atoms with Crippen LogP contribution < -0.4 is 10.6 Å². The lowest BCUT2D eigenvalue weighted by Crippen LogP contribution is -2.16. The Morgan fingerprint density at radius 2 is 2.00 bits per heavy atom. The van der Waals surface area contributed by atoms with Crippen LogP contribution in [0.5, 0.6) is 0 Å². The largest absolute Gasteiger partial charge is 0.373 e. The Morgan fingerprint density at radius 3 is 2.58 bits per heavy atom. The van der Waals surface area contributed by atoms with Gasteiger partial charge >= 0.3 is 0 Å². The Balaban J connectivity index is 1.68. The molecule has 2 aliphatic carbocycles. The molecule has 1 aromatic heterocycles. The zero-order valence-electron chi connectivity index (χ0n) is 12.0. The summed E-state index contributed by atoms with van der Waals surface area (Å²) in [4.78, 5) is 9.22. The lowest BCUT2D eigenvalue weighted by Gasteiger charge is -2.16. The highest BCUT2D eigenvalue weighted by Gasteiger charge is 2.41. The number of rotatable bonds is 7. The van der Waals surface area contributed by atoms with Crippen LogP contribution in [0.2, 0.25) is 0 Å². The SMILES string of the molecule is CCCC1(CNc2cc(NC)nc(C3CC3)n2)CC1. The predicted molar refractivity (Wildman–Crippen MR) is 78.6 cm³/mol. The minimum atomic E-state index is 0.555. The normalized spacial score (nSPS) is 20.1. The van der Waals surface area contributed by atoms with Gasteiger partial charge in [-0.25, -0.2) is 9.97 Å².